The number of rotatable bonds is 3. The van der Waals surface area contributed by atoms with E-state index in [0.29, 0.717) is 6.04 Å². The monoisotopic (exact) mass is 179 g/mol. The second-order valence-corrected chi connectivity index (χ2v) is 4.19. The van der Waals surface area contributed by atoms with Gasteiger partial charge in [-0.2, -0.15) is 5.10 Å². The first kappa shape index (κ1) is 8.60. The first-order valence-corrected chi connectivity index (χ1v) is 4.98. The molecule has 0 radical (unpaired) electrons. The van der Waals surface area contributed by atoms with Gasteiger partial charge in [0.2, 0.25) is 0 Å². The number of aryl methyl sites for hydroxylation is 1. The van der Waals surface area contributed by atoms with Gasteiger partial charge in [-0.1, -0.05) is 12.8 Å². The van der Waals surface area contributed by atoms with E-state index in [2.05, 4.69) is 12.0 Å². The minimum absolute atomic E-state index is 0.459. The molecule has 1 saturated carbocycles. The van der Waals surface area contributed by atoms with E-state index in [0.717, 1.165) is 17.3 Å². The molecule has 1 aliphatic carbocycles. The highest BCUT2D eigenvalue weighted by atomic mass is 15.3. The molecule has 0 aliphatic heterocycles. The maximum absolute atomic E-state index is 5.90. The smallest absolute Gasteiger partial charge is 0.124 e. The minimum Gasteiger partial charge on any atom is -0.384 e. The highest BCUT2D eigenvalue weighted by molar-refractivity contribution is 5.37. The van der Waals surface area contributed by atoms with Gasteiger partial charge in [0.05, 0.1) is 12.2 Å². The number of aromatic nitrogens is 2. The molecule has 0 aromatic carbocycles. The van der Waals surface area contributed by atoms with Crippen LogP contribution in [0.5, 0.6) is 0 Å². The molecule has 1 aliphatic rings. The lowest BCUT2D eigenvalue weighted by Gasteiger charge is -2.13. The number of nitrogen functional groups attached to an aromatic ring is 1. The lowest BCUT2D eigenvalue weighted by molar-refractivity contribution is 0.442. The van der Waals surface area contributed by atoms with Crippen LogP contribution in [0.4, 0.5) is 5.82 Å². The van der Waals surface area contributed by atoms with Gasteiger partial charge in [-0.3, -0.25) is 0 Å². The van der Waals surface area contributed by atoms with Crippen molar-refractivity contribution in [1.82, 2.24) is 9.78 Å². The van der Waals surface area contributed by atoms with Crippen molar-refractivity contribution >= 4 is 5.82 Å². The fourth-order valence-electron chi connectivity index (χ4n) is 1.74. The van der Waals surface area contributed by atoms with Gasteiger partial charge in [-0.05, 0) is 26.2 Å². The number of hydrogen-bond acceptors (Lipinski definition) is 2. The van der Waals surface area contributed by atoms with Gasteiger partial charge in [-0.15, -0.1) is 0 Å². The molecule has 3 nitrogen and oxygen atoms in total. The topological polar surface area (TPSA) is 43.8 Å². The van der Waals surface area contributed by atoms with Crippen LogP contribution in [0.1, 0.15) is 37.8 Å². The molecule has 1 atom stereocenters. The van der Waals surface area contributed by atoms with Gasteiger partial charge >= 0.3 is 0 Å². The highest BCUT2D eigenvalue weighted by Crippen LogP contribution is 2.37. The maximum Gasteiger partial charge on any atom is 0.124 e. The molecular formula is C10H17N3. The van der Waals surface area contributed by atoms with Crippen molar-refractivity contribution in [3.05, 3.63) is 11.8 Å². The van der Waals surface area contributed by atoms with Gasteiger partial charge in [0.25, 0.3) is 0 Å². The molecule has 1 fully saturated rings. The summed E-state index contributed by atoms with van der Waals surface area (Å²) in [5.74, 6) is 1.76. The molecule has 0 amide bonds. The van der Waals surface area contributed by atoms with Crippen LogP contribution in [0.15, 0.2) is 6.20 Å². The SMILES string of the molecule is Cc1cnn(C(C)CC2CC2)c1N. The quantitative estimate of drug-likeness (QED) is 0.772. The van der Waals surface area contributed by atoms with E-state index in [1.165, 1.54) is 19.3 Å². The molecule has 1 heterocycles. The lowest BCUT2D eigenvalue weighted by atomic mass is 10.1. The molecule has 1 aromatic rings. The molecule has 1 unspecified atom stereocenters. The third kappa shape index (κ3) is 1.69. The van der Waals surface area contributed by atoms with Crippen molar-refractivity contribution in [2.24, 2.45) is 5.92 Å². The molecular weight excluding hydrogens is 162 g/mol. The summed E-state index contributed by atoms with van der Waals surface area (Å²) in [4.78, 5) is 0. The summed E-state index contributed by atoms with van der Waals surface area (Å²) >= 11 is 0. The summed E-state index contributed by atoms with van der Waals surface area (Å²) in [6, 6.07) is 0.459. The van der Waals surface area contributed by atoms with Crippen LogP contribution in [-0.2, 0) is 0 Å². The summed E-state index contributed by atoms with van der Waals surface area (Å²) in [5, 5.41) is 4.29. The van der Waals surface area contributed by atoms with E-state index < -0.39 is 0 Å². The van der Waals surface area contributed by atoms with Gasteiger partial charge in [0.15, 0.2) is 0 Å². The lowest BCUT2D eigenvalue weighted by Crippen LogP contribution is -2.11. The van der Waals surface area contributed by atoms with Crippen LogP contribution < -0.4 is 5.73 Å². The third-order valence-electron chi connectivity index (χ3n) is 2.82. The zero-order valence-corrected chi connectivity index (χ0v) is 8.33. The largest absolute Gasteiger partial charge is 0.384 e. The van der Waals surface area contributed by atoms with Crippen LogP contribution in [0, 0.1) is 12.8 Å². The number of anilines is 1. The van der Waals surface area contributed by atoms with Crippen molar-refractivity contribution in [2.75, 3.05) is 5.73 Å². The normalized spacial score (nSPS) is 18.9. The molecule has 2 N–H and O–H groups in total. The Labute approximate surface area is 78.9 Å². The summed E-state index contributed by atoms with van der Waals surface area (Å²) in [6.07, 6.45) is 5.86. The van der Waals surface area contributed by atoms with E-state index in [1.807, 2.05) is 17.8 Å². The predicted molar refractivity (Wildman–Crippen MR) is 53.4 cm³/mol. The summed E-state index contributed by atoms with van der Waals surface area (Å²) in [6.45, 7) is 4.20. The third-order valence-corrected chi connectivity index (χ3v) is 2.82. The summed E-state index contributed by atoms with van der Waals surface area (Å²) in [7, 11) is 0. The van der Waals surface area contributed by atoms with Gasteiger partial charge in [0, 0.05) is 5.56 Å². The van der Waals surface area contributed by atoms with Crippen LogP contribution in [0.3, 0.4) is 0 Å². The van der Waals surface area contributed by atoms with E-state index in [1.54, 1.807) is 0 Å². The van der Waals surface area contributed by atoms with Crippen molar-refractivity contribution in [3.8, 4) is 0 Å². The van der Waals surface area contributed by atoms with E-state index in [4.69, 9.17) is 5.73 Å². The van der Waals surface area contributed by atoms with Crippen LogP contribution in [0.25, 0.3) is 0 Å². The zero-order chi connectivity index (χ0) is 9.42. The highest BCUT2D eigenvalue weighted by Gasteiger charge is 2.25. The van der Waals surface area contributed by atoms with Crippen LogP contribution in [0.2, 0.25) is 0 Å². The molecule has 72 valence electrons. The number of nitrogens with two attached hydrogens (primary N) is 1. The Morgan fingerprint density at radius 2 is 2.38 bits per heavy atom. The Morgan fingerprint density at radius 1 is 1.69 bits per heavy atom. The first-order chi connectivity index (χ1) is 6.18. The molecule has 0 bridgehead atoms. The van der Waals surface area contributed by atoms with Gasteiger partial charge in [0.1, 0.15) is 5.82 Å². The van der Waals surface area contributed by atoms with Gasteiger partial charge < -0.3 is 5.73 Å². The fraction of sp³-hybridized carbons (Fsp3) is 0.700. The molecule has 3 heteroatoms. The number of nitrogens with zero attached hydrogens (tertiary/aromatic N) is 2. The Kier molecular flexibility index (Phi) is 2.02. The average molecular weight is 179 g/mol. The van der Waals surface area contributed by atoms with Crippen LogP contribution >= 0.6 is 0 Å². The second-order valence-electron chi connectivity index (χ2n) is 4.19. The minimum atomic E-state index is 0.459. The van der Waals surface area contributed by atoms with Crippen molar-refractivity contribution in [2.45, 2.75) is 39.2 Å². The zero-order valence-electron chi connectivity index (χ0n) is 8.33. The Bertz CT molecular complexity index is 299. The van der Waals surface area contributed by atoms with Crippen molar-refractivity contribution in [1.29, 1.82) is 0 Å². The molecule has 0 saturated heterocycles. The summed E-state index contributed by atoms with van der Waals surface area (Å²) in [5.41, 5.74) is 6.99. The Morgan fingerprint density at radius 3 is 2.85 bits per heavy atom. The van der Waals surface area contributed by atoms with E-state index in [-0.39, 0.29) is 0 Å². The van der Waals surface area contributed by atoms with Crippen molar-refractivity contribution < 1.29 is 0 Å². The molecule has 1 aromatic heterocycles. The van der Waals surface area contributed by atoms with Gasteiger partial charge in [-0.25, -0.2) is 4.68 Å². The fourth-order valence-corrected chi connectivity index (χ4v) is 1.74. The average Bonchev–Trinajstić information content (AvgIpc) is 2.82. The van der Waals surface area contributed by atoms with Crippen LogP contribution in [-0.4, -0.2) is 9.78 Å². The van der Waals surface area contributed by atoms with Crippen molar-refractivity contribution in [3.63, 3.8) is 0 Å². The Hall–Kier alpha value is -0.990. The molecule has 2 rings (SSSR count). The molecule has 13 heavy (non-hydrogen) atoms. The second kappa shape index (κ2) is 3.05. The first-order valence-electron chi connectivity index (χ1n) is 4.98. The van der Waals surface area contributed by atoms with E-state index in [9.17, 15) is 0 Å². The Balaban J connectivity index is 2.09. The molecule has 0 spiro atoms. The number of hydrogen-bond donors (Lipinski definition) is 1. The predicted octanol–water partition coefficient (Wildman–Crippen LogP) is 2.13. The maximum atomic E-state index is 5.90. The standard InChI is InChI=1S/C10H17N3/c1-7-6-12-13(10(7)11)8(2)5-9-3-4-9/h6,8-9H,3-5,11H2,1-2H3. The van der Waals surface area contributed by atoms with E-state index >= 15 is 0 Å². The summed E-state index contributed by atoms with van der Waals surface area (Å²) < 4.78 is 1.95.